The number of hydrogen-bond donors (Lipinski definition) is 0. The first-order valence-electron chi connectivity index (χ1n) is 5.34. The summed E-state index contributed by atoms with van der Waals surface area (Å²) in [5, 5.41) is 0.184. The Morgan fingerprint density at radius 2 is 2.05 bits per heavy atom. The summed E-state index contributed by atoms with van der Waals surface area (Å²) >= 11 is 11.7. The van der Waals surface area contributed by atoms with Gasteiger partial charge in [-0.05, 0) is 13.0 Å². The number of fused-ring (bicyclic) bond motifs is 1. The van der Waals surface area contributed by atoms with Crippen LogP contribution in [-0.4, -0.2) is 35.8 Å². The molecule has 0 N–H and O–H groups in total. The standard InChI is InChI=1S/C10H11Cl2N3O3S/c1-3-18-5-15-9-7(4-6(11)8(12)14-9)13-10(15)19(2,16)17/h4H,3,5H2,1-2H3. The fourth-order valence-electron chi connectivity index (χ4n) is 1.56. The van der Waals surface area contributed by atoms with E-state index in [2.05, 4.69) is 9.97 Å². The van der Waals surface area contributed by atoms with E-state index >= 15 is 0 Å². The van der Waals surface area contributed by atoms with Crippen LogP contribution in [-0.2, 0) is 21.3 Å². The Balaban J connectivity index is 2.74. The van der Waals surface area contributed by atoms with Crippen LogP contribution in [0.2, 0.25) is 10.2 Å². The minimum atomic E-state index is -3.51. The highest BCUT2D eigenvalue weighted by Gasteiger charge is 2.21. The highest BCUT2D eigenvalue weighted by molar-refractivity contribution is 7.90. The predicted molar refractivity (Wildman–Crippen MR) is 72.3 cm³/mol. The van der Waals surface area contributed by atoms with Gasteiger partial charge < -0.3 is 4.74 Å². The van der Waals surface area contributed by atoms with Crippen LogP contribution in [0.3, 0.4) is 0 Å². The zero-order valence-corrected chi connectivity index (χ0v) is 12.6. The number of aromatic nitrogens is 3. The van der Waals surface area contributed by atoms with Gasteiger partial charge in [0, 0.05) is 12.9 Å². The number of nitrogens with zero attached hydrogens (tertiary/aromatic N) is 3. The Morgan fingerprint density at radius 1 is 1.37 bits per heavy atom. The Hall–Kier alpha value is -0.890. The van der Waals surface area contributed by atoms with Crippen molar-refractivity contribution in [2.24, 2.45) is 0 Å². The Bertz CT molecular complexity index is 727. The molecule has 104 valence electrons. The second-order valence-electron chi connectivity index (χ2n) is 3.82. The van der Waals surface area contributed by atoms with Gasteiger partial charge in [-0.25, -0.2) is 18.4 Å². The van der Waals surface area contributed by atoms with Gasteiger partial charge in [-0.2, -0.15) is 0 Å². The van der Waals surface area contributed by atoms with Crippen LogP contribution in [0.1, 0.15) is 6.92 Å². The Kier molecular flexibility index (Phi) is 4.00. The fourth-order valence-corrected chi connectivity index (χ4v) is 2.65. The summed E-state index contributed by atoms with van der Waals surface area (Å²) < 4.78 is 30.0. The van der Waals surface area contributed by atoms with E-state index in [0.717, 1.165) is 6.26 Å². The summed E-state index contributed by atoms with van der Waals surface area (Å²) in [5.41, 5.74) is 0.679. The van der Waals surface area contributed by atoms with E-state index in [9.17, 15) is 8.42 Å². The lowest BCUT2D eigenvalue weighted by atomic mass is 10.4. The molecule has 0 spiro atoms. The third kappa shape index (κ3) is 2.84. The van der Waals surface area contributed by atoms with Crippen LogP contribution in [0.4, 0.5) is 0 Å². The van der Waals surface area contributed by atoms with Crippen molar-refractivity contribution in [3.05, 3.63) is 16.2 Å². The molecule has 19 heavy (non-hydrogen) atoms. The molecule has 0 aromatic carbocycles. The summed E-state index contributed by atoms with van der Waals surface area (Å²) in [6, 6.07) is 1.48. The van der Waals surface area contributed by atoms with Gasteiger partial charge in [0.2, 0.25) is 15.0 Å². The van der Waals surface area contributed by atoms with Gasteiger partial charge in [0.15, 0.2) is 5.65 Å². The van der Waals surface area contributed by atoms with E-state index in [1.807, 2.05) is 0 Å². The van der Waals surface area contributed by atoms with Gasteiger partial charge >= 0.3 is 0 Å². The average Bonchev–Trinajstić information content (AvgIpc) is 2.65. The maximum absolute atomic E-state index is 11.7. The number of halogens is 2. The van der Waals surface area contributed by atoms with Crippen molar-refractivity contribution in [2.45, 2.75) is 18.8 Å². The normalized spacial score (nSPS) is 12.2. The van der Waals surface area contributed by atoms with E-state index in [1.165, 1.54) is 10.6 Å². The molecular weight excluding hydrogens is 313 g/mol. The van der Waals surface area contributed by atoms with Crippen LogP contribution in [0.25, 0.3) is 11.2 Å². The smallest absolute Gasteiger partial charge is 0.231 e. The number of sulfone groups is 1. The summed E-state index contributed by atoms with van der Waals surface area (Å²) in [6.45, 7) is 2.26. The summed E-state index contributed by atoms with van der Waals surface area (Å²) in [4.78, 5) is 8.08. The molecule has 0 aliphatic rings. The second kappa shape index (κ2) is 5.24. The largest absolute Gasteiger partial charge is 0.361 e. The van der Waals surface area contributed by atoms with Crippen LogP contribution in [0.5, 0.6) is 0 Å². The number of imidazole rings is 1. The summed E-state index contributed by atoms with van der Waals surface area (Å²) in [6.07, 6.45) is 1.07. The van der Waals surface area contributed by atoms with Gasteiger partial charge in [0.25, 0.3) is 0 Å². The van der Waals surface area contributed by atoms with Crippen molar-refractivity contribution >= 4 is 44.2 Å². The minimum absolute atomic E-state index is 0.0281. The molecular formula is C10H11Cl2N3O3S. The first-order chi connectivity index (χ1) is 8.84. The number of hydrogen-bond acceptors (Lipinski definition) is 5. The molecule has 0 amide bonds. The first-order valence-corrected chi connectivity index (χ1v) is 7.99. The number of rotatable bonds is 4. The first kappa shape index (κ1) is 14.5. The van der Waals surface area contributed by atoms with Crippen LogP contribution < -0.4 is 0 Å². The van der Waals surface area contributed by atoms with Gasteiger partial charge in [0.1, 0.15) is 17.4 Å². The molecule has 0 radical (unpaired) electrons. The number of ether oxygens (including phenoxy) is 1. The molecule has 0 aliphatic heterocycles. The van der Waals surface area contributed by atoms with E-state index < -0.39 is 9.84 Å². The molecule has 0 atom stereocenters. The molecule has 2 aromatic rings. The predicted octanol–water partition coefficient (Wildman–Crippen LogP) is 2.14. The van der Waals surface area contributed by atoms with Gasteiger partial charge in [-0.1, -0.05) is 23.2 Å². The van der Waals surface area contributed by atoms with Gasteiger partial charge in [-0.15, -0.1) is 0 Å². The van der Waals surface area contributed by atoms with E-state index in [4.69, 9.17) is 27.9 Å². The molecule has 0 aliphatic carbocycles. The van der Waals surface area contributed by atoms with Gasteiger partial charge in [0.05, 0.1) is 5.02 Å². The van der Waals surface area contributed by atoms with Gasteiger partial charge in [-0.3, -0.25) is 4.57 Å². The molecule has 0 saturated carbocycles. The molecule has 0 bridgehead atoms. The zero-order chi connectivity index (χ0) is 14.2. The van der Waals surface area contributed by atoms with Crippen molar-refractivity contribution < 1.29 is 13.2 Å². The lowest BCUT2D eigenvalue weighted by Gasteiger charge is -2.07. The Morgan fingerprint density at radius 3 is 2.63 bits per heavy atom. The van der Waals surface area contributed by atoms with Crippen LogP contribution >= 0.6 is 23.2 Å². The van der Waals surface area contributed by atoms with Crippen LogP contribution in [0.15, 0.2) is 11.2 Å². The third-order valence-electron chi connectivity index (χ3n) is 2.35. The van der Waals surface area contributed by atoms with E-state index in [0.29, 0.717) is 17.8 Å². The van der Waals surface area contributed by atoms with E-state index in [-0.39, 0.29) is 22.1 Å². The third-order valence-corrected chi connectivity index (χ3v) is 4.00. The molecule has 0 fully saturated rings. The lowest BCUT2D eigenvalue weighted by molar-refractivity contribution is 0.0841. The average molecular weight is 324 g/mol. The molecule has 0 saturated heterocycles. The molecule has 2 aromatic heterocycles. The monoisotopic (exact) mass is 323 g/mol. The molecule has 2 rings (SSSR count). The highest BCUT2D eigenvalue weighted by Crippen LogP contribution is 2.26. The summed E-state index contributed by atoms with van der Waals surface area (Å²) in [5.74, 6) is 0. The fraction of sp³-hybridized carbons (Fsp3) is 0.400. The quantitative estimate of drug-likeness (QED) is 0.806. The van der Waals surface area contributed by atoms with Crippen molar-refractivity contribution in [3.63, 3.8) is 0 Å². The van der Waals surface area contributed by atoms with Crippen molar-refractivity contribution in [1.82, 2.24) is 14.5 Å². The van der Waals surface area contributed by atoms with Crippen molar-refractivity contribution in [3.8, 4) is 0 Å². The second-order valence-corrected chi connectivity index (χ2v) is 6.49. The molecule has 6 nitrogen and oxygen atoms in total. The number of pyridine rings is 1. The van der Waals surface area contributed by atoms with Crippen molar-refractivity contribution in [2.75, 3.05) is 12.9 Å². The zero-order valence-electron chi connectivity index (χ0n) is 10.2. The SMILES string of the molecule is CCOCn1c(S(C)(=O)=O)nc2cc(Cl)c(Cl)nc21. The summed E-state index contributed by atoms with van der Waals surface area (Å²) in [7, 11) is -3.51. The maximum atomic E-state index is 11.7. The topological polar surface area (TPSA) is 74.1 Å². The maximum Gasteiger partial charge on any atom is 0.231 e. The Labute approximate surface area is 120 Å². The molecule has 2 heterocycles. The van der Waals surface area contributed by atoms with E-state index in [1.54, 1.807) is 6.92 Å². The lowest BCUT2D eigenvalue weighted by Crippen LogP contribution is -2.11. The minimum Gasteiger partial charge on any atom is -0.361 e. The molecule has 9 heteroatoms. The molecule has 0 unspecified atom stereocenters. The van der Waals surface area contributed by atoms with Crippen LogP contribution in [0, 0.1) is 0 Å². The highest BCUT2D eigenvalue weighted by atomic mass is 35.5. The van der Waals surface area contributed by atoms with Crippen molar-refractivity contribution in [1.29, 1.82) is 0 Å².